The Hall–Kier alpha value is -3.03. The number of rotatable bonds is 3. The molecule has 0 saturated heterocycles. The van der Waals surface area contributed by atoms with Crippen molar-refractivity contribution in [2.75, 3.05) is 12.1 Å². The number of benzene rings is 2. The molecule has 1 amide bonds. The van der Waals surface area contributed by atoms with Crippen LogP contribution in [-0.2, 0) is 17.9 Å². The molecule has 0 unspecified atom stereocenters. The fraction of sp³-hybridized carbons (Fsp3) is 0.200. The number of hydrogen-bond donors (Lipinski definition) is 1. The van der Waals surface area contributed by atoms with E-state index in [1.54, 1.807) is 30.3 Å². The number of aromatic nitrogens is 2. The van der Waals surface area contributed by atoms with Crippen LogP contribution in [0.15, 0.2) is 48.5 Å². The van der Waals surface area contributed by atoms with Crippen LogP contribution in [0.4, 0.5) is 5.69 Å². The van der Waals surface area contributed by atoms with Gasteiger partial charge in [0.2, 0.25) is 6.79 Å². The summed E-state index contributed by atoms with van der Waals surface area (Å²) >= 11 is 5.87. The summed E-state index contributed by atoms with van der Waals surface area (Å²) in [6.07, 6.45) is -0.172. The number of hydrogen-bond acceptors (Lipinski definition) is 5. The standard InChI is InChI=1S/C20H16ClN3O4/c21-13-2-4-14(5-3-13)22-20(25)16-8-15-10-26-19(9-24(15)23-16)12-1-6-17-18(7-12)28-11-27-17/h1-8,19H,9-11H2,(H,22,25)/t19-/m0/s1. The number of amides is 1. The zero-order chi connectivity index (χ0) is 19.1. The predicted molar refractivity (Wildman–Crippen MR) is 102 cm³/mol. The Labute approximate surface area is 165 Å². The molecule has 3 heterocycles. The monoisotopic (exact) mass is 397 g/mol. The Bertz CT molecular complexity index is 1050. The molecule has 7 nitrogen and oxygen atoms in total. The lowest BCUT2D eigenvalue weighted by atomic mass is 10.1. The SMILES string of the molecule is O=C(Nc1ccc(Cl)cc1)c1cc2n(n1)C[C@@H](c1ccc3c(c1)OCO3)OC2. The topological polar surface area (TPSA) is 74.6 Å². The van der Waals surface area contributed by atoms with Crippen LogP contribution in [0.1, 0.15) is 27.8 Å². The summed E-state index contributed by atoms with van der Waals surface area (Å²) in [5.74, 6) is 1.18. The van der Waals surface area contributed by atoms with E-state index in [0.717, 1.165) is 22.8 Å². The van der Waals surface area contributed by atoms with Gasteiger partial charge in [-0.3, -0.25) is 9.48 Å². The van der Waals surface area contributed by atoms with E-state index in [-0.39, 0.29) is 18.8 Å². The van der Waals surface area contributed by atoms with Crippen molar-refractivity contribution in [1.29, 1.82) is 0 Å². The van der Waals surface area contributed by atoms with Crippen molar-refractivity contribution in [3.63, 3.8) is 0 Å². The van der Waals surface area contributed by atoms with Gasteiger partial charge >= 0.3 is 0 Å². The van der Waals surface area contributed by atoms with Crippen molar-refractivity contribution >= 4 is 23.2 Å². The first-order valence-electron chi connectivity index (χ1n) is 8.80. The van der Waals surface area contributed by atoms with E-state index in [1.165, 1.54) is 0 Å². The van der Waals surface area contributed by atoms with Gasteiger partial charge in [0.1, 0.15) is 6.10 Å². The number of carbonyl (C=O) groups is 1. The van der Waals surface area contributed by atoms with Crippen LogP contribution in [0.2, 0.25) is 5.02 Å². The molecule has 1 atom stereocenters. The molecule has 2 aromatic carbocycles. The molecule has 0 aliphatic carbocycles. The molecule has 0 spiro atoms. The minimum absolute atomic E-state index is 0.172. The number of ether oxygens (including phenoxy) is 3. The highest BCUT2D eigenvalue weighted by Gasteiger charge is 2.25. The molecule has 142 valence electrons. The van der Waals surface area contributed by atoms with Crippen molar-refractivity contribution in [2.45, 2.75) is 19.3 Å². The third-order valence-electron chi connectivity index (χ3n) is 4.74. The van der Waals surface area contributed by atoms with Crippen LogP contribution >= 0.6 is 11.6 Å². The molecule has 2 aliphatic rings. The number of anilines is 1. The van der Waals surface area contributed by atoms with Crippen LogP contribution in [-0.4, -0.2) is 22.5 Å². The second kappa shape index (κ2) is 6.85. The molecule has 28 heavy (non-hydrogen) atoms. The number of halogens is 1. The molecular formula is C20H16ClN3O4. The summed E-state index contributed by atoms with van der Waals surface area (Å²) in [6.45, 7) is 1.13. The van der Waals surface area contributed by atoms with Gasteiger partial charge < -0.3 is 19.5 Å². The number of nitrogens with zero attached hydrogens (tertiary/aromatic N) is 2. The van der Waals surface area contributed by atoms with E-state index >= 15 is 0 Å². The zero-order valence-electron chi connectivity index (χ0n) is 14.7. The van der Waals surface area contributed by atoms with Gasteiger partial charge in [0.25, 0.3) is 5.91 Å². The normalized spacial score (nSPS) is 17.2. The van der Waals surface area contributed by atoms with Gasteiger partial charge in [-0.05, 0) is 48.0 Å². The third-order valence-corrected chi connectivity index (χ3v) is 4.99. The highest BCUT2D eigenvalue weighted by molar-refractivity contribution is 6.30. The summed E-state index contributed by atoms with van der Waals surface area (Å²) in [4.78, 5) is 12.5. The Kier molecular flexibility index (Phi) is 4.18. The molecular weight excluding hydrogens is 382 g/mol. The number of nitrogens with one attached hydrogen (secondary N) is 1. The van der Waals surface area contributed by atoms with Crippen LogP contribution in [0.25, 0.3) is 0 Å². The lowest BCUT2D eigenvalue weighted by Crippen LogP contribution is -2.22. The van der Waals surface area contributed by atoms with Crippen molar-refractivity contribution in [3.05, 3.63) is 70.5 Å². The Morgan fingerprint density at radius 1 is 1.11 bits per heavy atom. The second-order valence-corrected chi connectivity index (χ2v) is 7.01. The van der Waals surface area contributed by atoms with E-state index in [1.807, 2.05) is 22.9 Å². The van der Waals surface area contributed by atoms with Gasteiger partial charge in [-0.1, -0.05) is 17.7 Å². The van der Waals surface area contributed by atoms with Gasteiger partial charge in [0.15, 0.2) is 17.2 Å². The van der Waals surface area contributed by atoms with Gasteiger partial charge in [-0.15, -0.1) is 0 Å². The van der Waals surface area contributed by atoms with Crippen LogP contribution in [0.3, 0.4) is 0 Å². The molecule has 1 aromatic heterocycles. The van der Waals surface area contributed by atoms with E-state index in [4.69, 9.17) is 25.8 Å². The number of fused-ring (bicyclic) bond motifs is 2. The lowest BCUT2D eigenvalue weighted by molar-refractivity contribution is -0.00127. The molecule has 0 radical (unpaired) electrons. The first-order valence-corrected chi connectivity index (χ1v) is 9.18. The summed E-state index contributed by atoms with van der Waals surface area (Å²) in [5, 5.41) is 7.89. The average molecular weight is 398 g/mol. The fourth-order valence-electron chi connectivity index (χ4n) is 3.28. The first kappa shape index (κ1) is 17.1. The quantitative estimate of drug-likeness (QED) is 0.727. The Morgan fingerprint density at radius 2 is 1.93 bits per heavy atom. The van der Waals surface area contributed by atoms with Gasteiger partial charge in [0, 0.05) is 10.7 Å². The molecule has 0 bridgehead atoms. The maximum atomic E-state index is 12.5. The summed E-state index contributed by atoms with van der Waals surface area (Å²) in [5.41, 5.74) is 2.85. The molecule has 1 N–H and O–H groups in total. The molecule has 0 fully saturated rings. The van der Waals surface area contributed by atoms with Gasteiger partial charge in [-0.2, -0.15) is 5.10 Å². The minimum Gasteiger partial charge on any atom is -0.454 e. The molecule has 8 heteroatoms. The van der Waals surface area contributed by atoms with E-state index in [0.29, 0.717) is 29.6 Å². The van der Waals surface area contributed by atoms with Crippen LogP contribution in [0, 0.1) is 0 Å². The highest BCUT2D eigenvalue weighted by atomic mass is 35.5. The summed E-state index contributed by atoms with van der Waals surface area (Å²) in [6, 6.07) is 14.4. The van der Waals surface area contributed by atoms with E-state index < -0.39 is 0 Å². The molecule has 3 aromatic rings. The maximum Gasteiger partial charge on any atom is 0.276 e. The van der Waals surface area contributed by atoms with Crippen molar-refractivity contribution < 1.29 is 19.0 Å². The van der Waals surface area contributed by atoms with E-state index in [2.05, 4.69) is 10.4 Å². The molecule has 2 aliphatic heterocycles. The minimum atomic E-state index is -0.274. The van der Waals surface area contributed by atoms with Crippen molar-refractivity contribution in [1.82, 2.24) is 9.78 Å². The lowest BCUT2D eigenvalue weighted by Gasteiger charge is -2.24. The average Bonchev–Trinajstić information content (AvgIpc) is 3.35. The fourth-order valence-corrected chi connectivity index (χ4v) is 3.41. The summed E-state index contributed by atoms with van der Waals surface area (Å²) in [7, 11) is 0. The van der Waals surface area contributed by atoms with Crippen molar-refractivity contribution in [3.8, 4) is 11.5 Å². The van der Waals surface area contributed by atoms with Crippen LogP contribution in [0.5, 0.6) is 11.5 Å². The third kappa shape index (κ3) is 3.19. The second-order valence-electron chi connectivity index (χ2n) is 6.58. The first-order chi connectivity index (χ1) is 13.7. The van der Waals surface area contributed by atoms with Crippen LogP contribution < -0.4 is 14.8 Å². The highest BCUT2D eigenvalue weighted by Crippen LogP contribution is 2.36. The summed E-state index contributed by atoms with van der Waals surface area (Å²) < 4.78 is 18.6. The Balaban J connectivity index is 1.32. The van der Waals surface area contributed by atoms with Crippen molar-refractivity contribution in [2.24, 2.45) is 0 Å². The smallest absolute Gasteiger partial charge is 0.276 e. The number of carbonyl (C=O) groups excluding carboxylic acids is 1. The van der Waals surface area contributed by atoms with E-state index in [9.17, 15) is 4.79 Å². The molecule has 5 rings (SSSR count). The zero-order valence-corrected chi connectivity index (χ0v) is 15.5. The Morgan fingerprint density at radius 3 is 2.79 bits per heavy atom. The maximum absolute atomic E-state index is 12.5. The largest absolute Gasteiger partial charge is 0.454 e. The predicted octanol–water partition coefficient (Wildman–Crippen LogP) is 3.79. The van der Waals surface area contributed by atoms with Gasteiger partial charge in [-0.25, -0.2) is 0 Å². The molecule has 0 saturated carbocycles. The van der Waals surface area contributed by atoms with Gasteiger partial charge in [0.05, 0.1) is 18.8 Å².